The van der Waals surface area contributed by atoms with E-state index in [4.69, 9.17) is 5.73 Å². The molecule has 1 saturated heterocycles. The molecule has 1 aromatic rings. The first kappa shape index (κ1) is 12.8. The van der Waals surface area contributed by atoms with Gasteiger partial charge in [0.15, 0.2) is 0 Å². The molecule has 1 aliphatic heterocycles. The molecule has 0 amide bonds. The second kappa shape index (κ2) is 5.41. The van der Waals surface area contributed by atoms with Crippen molar-refractivity contribution in [2.24, 2.45) is 5.92 Å². The van der Waals surface area contributed by atoms with Crippen molar-refractivity contribution in [3.05, 3.63) is 23.8 Å². The van der Waals surface area contributed by atoms with Crippen LogP contribution < -0.4 is 5.73 Å². The molecule has 2 atom stereocenters. The number of phenolic OH excluding ortho intramolecular Hbond substituents is 1. The summed E-state index contributed by atoms with van der Waals surface area (Å²) in [6.45, 7) is 2.19. The first-order valence-electron chi connectivity index (χ1n) is 7.55. The Labute approximate surface area is 115 Å². The number of nitrogen functional groups attached to an aromatic ring is 1. The van der Waals surface area contributed by atoms with Crippen LogP contribution in [0.3, 0.4) is 0 Å². The minimum Gasteiger partial charge on any atom is -0.506 e. The summed E-state index contributed by atoms with van der Waals surface area (Å²) in [5.41, 5.74) is 7.51. The second-order valence-corrected chi connectivity index (χ2v) is 6.12. The molecule has 2 aliphatic rings. The normalized spacial score (nSPS) is 28.0. The number of nitrogens with zero attached hydrogens (tertiary/aromatic N) is 1. The molecule has 1 aromatic carbocycles. The third-order valence-electron chi connectivity index (χ3n) is 4.84. The van der Waals surface area contributed by atoms with E-state index in [2.05, 4.69) is 4.90 Å². The first-order valence-corrected chi connectivity index (χ1v) is 7.55. The topological polar surface area (TPSA) is 49.5 Å². The average molecular weight is 260 g/mol. The van der Waals surface area contributed by atoms with Crippen molar-refractivity contribution in [2.75, 3.05) is 12.3 Å². The fourth-order valence-corrected chi connectivity index (χ4v) is 3.86. The van der Waals surface area contributed by atoms with Crippen LogP contribution in [0.1, 0.15) is 44.1 Å². The number of anilines is 1. The molecule has 1 saturated carbocycles. The highest BCUT2D eigenvalue weighted by Crippen LogP contribution is 2.36. The number of phenols is 1. The summed E-state index contributed by atoms with van der Waals surface area (Å²) < 4.78 is 0. The molecule has 1 aliphatic carbocycles. The summed E-state index contributed by atoms with van der Waals surface area (Å²) in [6, 6.07) is 6.41. The van der Waals surface area contributed by atoms with Crippen molar-refractivity contribution in [3.8, 4) is 5.75 Å². The van der Waals surface area contributed by atoms with Gasteiger partial charge in [0.25, 0.3) is 0 Å². The molecule has 1 heterocycles. The number of nitrogens with two attached hydrogens (primary N) is 1. The monoisotopic (exact) mass is 260 g/mol. The van der Waals surface area contributed by atoms with Crippen LogP contribution in [-0.4, -0.2) is 22.6 Å². The Balaban J connectivity index is 1.72. The predicted molar refractivity (Wildman–Crippen MR) is 77.9 cm³/mol. The van der Waals surface area contributed by atoms with E-state index in [1.807, 2.05) is 12.1 Å². The molecule has 0 unspecified atom stereocenters. The fraction of sp³-hybridized carbons (Fsp3) is 0.625. The molecule has 19 heavy (non-hydrogen) atoms. The highest BCUT2D eigenvalue weighted by Gasteiger charge is 2.32. The van der Waals surface area contributed by atoms with Crippen LogP contribution in [0.5, 0.6) is 5.75 Å². The molecule has 2 fully saturated rings. The minimum absolute atomic E-state index is 0.193. The maximum Gasteiger partial charge on any atom is 0.138 e. The van der Waals surface area contributed by atoms with Gasteiger partial charge in [0.05, 0.1) is 5.69 Å². The van der Waals surface area contributed by atoms with Gasteiger partial charge in [-0.2, -0.15) is 0 Å². The lowest BCUT2D eigenvalue weighted by atomic mass is 9.78. The van der Waals surface area contributed by atoms with Crippen molar-refractivity contribution >= 4 is 5.69 Å². The molecule has 0 aromatic heterocycles. The predicted octanol–water partition coefficient (Wildman–Crippen LogP) is 3.13. The second-order valence-electron chi connectivity index (χ2n) is 6.12. The van der Waals surface area contributed by atoms with Gasteiger partial charge in [-0.05, 0) is 55.8 Å². The summed E-state index contributed by atoms with van der Waals surface area (Å²) in [5, 5.41) is 9.50. The van der Waals surface area contributed by atoms with Gasteiger partial charge in [-0.1, -0.05) is 18.9 Å². The van der Waals surface area contributed by atoms with Crippen LogP contribution in [0, 0.1) is 5.92 Å². The number of hydrogen-bond donors (Lipinski definition) is 2. The van der Waals surface area contributed by atoms with Gasteiger partial charge in [-0.25, -0.2) is 0 Å². The van der Waals surface area contributed by atoms with Crippen molar-refractivity contribution in [2.45, 2.75) is 51.1 Å². The van der Waals surface area contributed by atoms with Crippen LogP contribution in [0.25, 0.3) is 0 Å². The molecular formula is C16H24N2O. The summed E-state index contributed by atoms with van der Waals surface area (Å²) in [5.74, 6) is 1.11. The van der Waals surface area contributed by atoms with Crippen molar-refractivity contribution in [1.29, 1.82) is 0 Å². The molecule has 0 bridgehead atoms. The van der Waals surface area contributed by atoms with Gasteiger partial charge in [0.1, 0.15) is 5.75 Å². The zero-order chi connectivity index (χ0) is 13.2. The standard InChI is InChI=1S/C16H24N2O/c17-14-10-12(7-8-16(14)19)11-18-9-3-5-13-4-1-2-6-15(13)18/h7-8,10,13,15,19H,1-6,9,11,17H2/t13-,15-/m1/s1. The molecule has 104 valence electrons. The van der Waals surface area contributed by atoms with E-state index in [-0.39, 0.29) is 5.75 Å². The Morgan fingerprint density at radius 1 is 1.16 bits per heavy atom. The van der Waals surface area contributed by atoms with Gasteiger partial charge in [-0.15, -0.1) is 0 Å². The molecule has 3 nitrogen and oxygen atoms in total. The number of hydrogen-bond acceptors (Lipinski definition) is 3. The van der Waals surface area contributed by atoms with E-state index >= 15 is 0 Å². The van der Waals surface area contributed by atoms with Crippen LogP contribution >= 0.6 is 0 Å². The van der Waals surface area contributed by atoms with E-state index in [1.165, 1.54) is 50.6 Å². The zero-order valence-corrected chi connectivity index (χ0v) is 11.5. The number of piperidine rings is 1. The van der Waals surface area contributed by atoms with E-state index < -0.39 is 0 Å². The Bertz CT molecular complexity index is 444. The smallest absolute Gasteiger partial charge is 0.138 e. The largest absolute Gasteiger partial charge is 0.506 e. The van der Waals surface area contributed by atoms with Gasteiger partial charge in [0.2, 0.25) is 0 Å². The number of rotatable bonds is 2. The summed E-state index contributed by atoms with van der Waals surface area (Å²) in [7, 11) is 0. The summed E-state index contributed by atoms with van der Waals surface area (Å²) in [6.07, 6.45) is 8.32. The number of likely N-dealkylation sites (tertiary alicyclic amines) is 1. The molecule has 0 spiro atoms. The van der Waals surface area contributed by atoms with Gasteiger partial charge < -0.3 is 10.8 Å². The maximum atomic E-state index is 9.50. The molecule has 3 heteroatoms. The summed E-state index contributed by atoms with van der Waals surface area (Å²) >= 11 is 0. The molecule has 3 N–H and O–H groups in total. The van der Waals surface area contributed by atoms with Crippen molar-refractivity contribution in [3.63, 3.8) is 0 Å². The maximum absolute atomic E-state index is 9.50. The summed E-state index contributed by atoms with van der Waals surface area (Å²) in [4.78, 5) is 2.64. The van der Waals surface area contributed by atoms with Gasteiger partial charge in [-0.3, -0.25) is 4.90 Å². The van der Waals surface area contributed by atoms with E-state index in [9.17, 15) is 5.11 Å². The van der Waals surface area contributed by atoms with Crippen LogP contribution in [0.4, 0.5) is 5.69 Å². The van der Waals surface area contributed by atoms with Crippen molar-refractivity contribution in [1.82, 2.24) is 4.90 Å². The highest BCUT2D eigenvalue weighted by atomic mass is 16.3. The number of fused-ring (bicyclic) bond motifs is 1. The number of aromatic hydroxyl groups is 1. The molecular weight excluding hydrogens is 236 g/mol. The van der Waals surface area contributed by atoms with Crippen LogP contribution in [0.2, 0.25) is 0 Å². The lowest BCUT2D eigenvalue weighted by molar-refractivity contribution is 0.0547. The first-order chi connectivity index (χ1) is 9.24. The third-order valence-corrected chi connectivity index (χ3v) is 4.84. The van der Waals surface area contributed by atoms with E-state index in [1.54, 1.807) is 6.07 Å². The lowest BCUT2D eigenvalue weighted by Crippen LogP contribution is -2.46. The Morgan fingerprint density at radius 2 is 1.95 bits per heavy atom. The average Bonchev–Trinajstić information content (AvgIpc) is 2.43. The highest BCUT2D eigenvalue weighted by molar-refractivity contribution is 5.53. The third kappa shape index (κ3) is 2.71. The fourth-order valence-electron chi connectivity index (χ4n) is 3.86. The molecule has 0 radical (unpaired) electrons. The quantitative estimate of drug-likeness (QED) is 0.634. The lowest BCUT2D eigenvalue weighted by Gasteiger charge is -2.44. The Hall–Kier alpha value is -1.22. The Kier molecular flexibility index (Phi) is 3.65. The SMILES string of the molecule is Nc1cc(CN2CCC[C@H]3CCCC[C@H]32)ccc1O. The Morgan fingerprint density at radius 3 is 2.79 bits per heavy atom. The van der Waals surface area contributed by atoms with Crippen LogP contribution in [-0.2, 0) is 6.54 Å². The van der Waals surface area contributed by atoms with Crippen LogP contribution in [0.15, 0.2) is 18.2 Å². The van der Waals surface area contributed by atoms with E-state index in [0.717, 1.165) is 18.5 Å². The van der Waals surface area contributed by atoms with Gasteiger partial charge >= 0.3 is 0 Å². The molecule has 3 rings (SSSR count). The van der Waals surface area contributed by atoms with Crippen molar-refractivity contribution < 1.29 is 5.11 Å². The zero-order valence-electron chi connectivity index (χ0n) is 11.5. The van der Waals surface area contributed by atoms with Gasteiger partial charge in [0, 0.05) is 12.6 Å². The van der Waals surface area contributed by atoms with E-state index in [0.29, 0.717) is 5.69 Å². The minimum atomic E-state index is 0.193. The number of benzene rings is 1.